The fraction of sp³-hybridized carbons (Fsp3) is 0.258. The molecule has 0 atom stereocenters. The maximum absolute atomic E-state index is 12.6. The minimum atomic E-state index is -0.162. The van der Waals surface area contributed by atoms with E-state index in [9.17, 15) is 9.90 Å². The first-order valence-corrected chi connectivity index (χ1v) is 13.2. The van der Waals surface area contributed by atoms with Gasteiger partial charge in [-0.2, -0.15) is 0 Å². The highest BCUT2D eigenvalue weighted by Crippen LogP contribution is 2.28. The van der Waals surface area contributed by atoms with Crippen LogP contribution < -0.4 is 20.9 Å². The number of rotatable bonds is 8. The Morgan fingerprint density at radius 3 is 2.18 bits per heavy atom. The van der Waals surface area contributed by atoms with E-state index in [0.29, 0.717) is 5.69 Å². The van der Waals surface area contributed by atoms with Crippen LogP contribution in [0.5, 0.6) is 0 Å². The molecule has 196 valence electrons. The van der Waals surface area contributed by atoms with E-state index in [1.807, 2.05) is 54.1 Å². The number of aliphatic hydroxyl groups excluding tert-OH is 1. The third-order valence-corrected chi connectivity index (χ3v) is 7.04. The summed E-state index contributed by atoms with van der Waals surface area (Å²) in [6, 6.07) is 26.2. The van der Waals surface area contributed by atoms with Crippen molar-refractivity contribution in [1.82, 2.24) is 4.57 Å². The number of aromatic nitrogens is 1. The molecule has 7 heteroatoms. The molecule has 1 aliphatic heterocycles. The number of carbonyl (C=O) groups is 1. The van der Waals surface area contributed by atoms with Gasteiger partial charge in [-0.25, -0.2) is 0 Å². The highest BCUT2D eigenvalue weighted by atomic mass is 16.3. The lowest BCUT2D eigenvalue weighted by Gasteiger charge is -2.31. The van der Waals surface area contributed by atoms with E-state index in [2.05, 4.69) is 70.2 Å². The molecule has 7 nitrogen and oxygen atoms in total. The van der Waals surface area contributed by atoms with Crippen LogP contribution in [0.4, 0.5) is 34.1 Å². The second-order valence-electron chi connectivity index (χ2n) is 9.76. The van der Waals surface area contributed by atoms with Gasteiger partial charge in [-0.3, -0.25) is 4.79 Å². The van der Waals surface area contributed by atoms with E-state index < -0.39 is 0 Å². The molecule has 38 heavy (non-hydrogen) atoms. The number of aliphatic hydroxyl groups is 1. The molecular weight excluding hydrogens is 474 g/mol. The van der Waals surface area contributed by atoms with Gasteiger partial charge in [-0.05, 0) is 111 Å². The smallest absolute Gasteiger partial charge is 0.272 e. The van der Waals surface area contributed by atoms with Crippen LogP contribution in [0.2, 0.25) is 0 Å². The molecule has 0 radical (unpaired) electrons. The highest BCUT2D eigenvalue weighted by molar-refractivity contribution is 6.03. The molecule has 2 heterocycles. The first kappa shape index (κ1) is 25.4. The van der Waals surface area contributed by atoms with Gasteiger partial charge in [0.05, 0.1) is 6.10 Å². The average molecular weight is 510 g/mol. The largest absolute Gasteiger partial charge is 0.393 e. The summed E-state index contributed by atoms with van der Waals surface area (Å²) in [5.74, 6) is -0.113. The number of hydrogen-bond acceptors (Lipinski definition) is 5. The fourth-order valence-corrected chi connectivity index (χ4v) is 4.81. The Hall–Kier alpha value is -4.23. The number of carbonyl (C=O) groups excluding carboxylic acids is 1. The molecule has 0 bridgehead atoms. The van der Waals surface area contributed by atoms with Crippen LogP contribution in [0, 0.1) is 6.92 Å². The summed E-state index contributed by atoms with van der Waals surface area (Å²) in [7, 11) is 0. The Morgan fingerprint density at radius 1 is 0.868 bits per heavy atom. The van der Waals surface area contributed by atoms with E-state index in [0.717, 1.165) is 66.5 Å². The second-order valence-corrected chi connectivity index (χ2v) is 9.76. The van der Waals surface area contributed by atoms with Crippen LogP contribution in [-0.4, -0.2) is 34.8 Å². The molecular formula is C31H35N5O2. The first-order chi connectivity index (χ1) is 18.5. The highest BCUT2D eigenvalue weighted by Gasteiger charge is 2.17. The van der Waals surface area contributed by atoms with Gasteiger partial charge in [-0.1, -0.05) is 0 Å². The monoisotopic (exact) mass is 509 g/mol. The summed E-state index contributed by atoms with van der Waals surface area (Å²) in [5, 5.41) is 19.7. The predicted octanol–water partition coefficient (Wildman–Crippen LogP) is 6.52. The Balaban J connectivity index is 1.17. The van der Waals surface area contributed by atoms with E-state index in [1.165, 1.54) is 5.69 Å². The van der Waals surface area contributed by atoms with E-state index in [4.69, 9.17) is 0 Å². The van der Waals surface area contributed by atoms with E-state index in [-0.39, 0.29) is 12.0 Å². The van der Waals surface area contributed by atoms with Gasteiger partial charge in [0, 0.05) is 60.0 Å². The van der Waals surface area contributed by atoms with Crippen molar-refractivity contribution >= 4 is 40.0 Å². The molecule has 1 amide bonds. The first-order valence-electron chi connectivity index (χ1n) is 13.2. The molecule has 1 fully saturated rings. The van der Waals surface area contributed by atoms with Crippen LogP contribution in [0.25, 0.3) is 0 Å². The van der Waals surface area contributed by atoms with Crippen LogP contribution in [0.3, 0.4) is 0 Å². The van der Waals surface area contributed by atoms with E-state index in [1.54, 1.807) is 0 Å². The van der Waals surface area contributed by atoms with Crippen molar-refractivity contribution in [2.45, 2.75) is 39.3 Å². The normalized spacial score (nSPS) is 13.8. The van der Waals surface area contributed by atoms with Crippen molar-refractivity contribution in [3.63, 3.8) is 0 Å². The number of hydrogen-bond donors (Lipinski definition) is 4. The van der Waals surface area contributed by atoms with Crippen LogP contribution in [0.15, 0.2) is 85.1 Å². The molecule has 0 unspecified atom stereocenters. The zero-order valence-corrected chi connectivity index (χ0v) is 21.9. The van der Waals surface area contributed by atoms with Gasteiger partial charge < -0.3 is 30.5 Å². The maximum atomic E-state index is 12.6. The lowest BCUT2D eigenvalue weighted by atomic mass is 10.1. The van der Waals surface area contributed by atoms with Crippen molar-refractivity contribution in [3.8, 4) is 0 Å². The molecule has 0 aliphatic carbocycles. The third kappa shape index (κ3) is 6.01. The Kier molecular flexibility index (Phi) is 7.65. The van der Waals surface area contributed by atoms with Gasteiger partial charge in [0.15, 0.2) is 0 Å². The number of nitrogens with one attached hydrogen (secondary N) is 3. The number of amides is 1. The zero-order valence-electron chi connectivity index (χ0n) is 21.9. The summed E-state index contributed by atoms with van der Waals surface area (Å²) in [6.45, 7) is 6.64. The summed E-state index contributed by atoms with van der Waals surface area (Å²) >= 11 is 0. The van der Waals surface area contributed by atoms with Crippen molar-refractivity contribution in [3.05, 3.63) is 96.3 Å². The molecule has 3 aromatic carbocycles. The summed E-state index contributed by atoms with van der Waals surface area (Å²) < 4.78 is 1.92. The SMILES string of the molecule is CCn1cccc1C(=O)Nc1ccc(Nc2ccc(Nc3ccc(N4CCC(O)CC4)cc3)cc2C)cc1. The van der Waals surface area contributed by atoms with Gasteiger partial charge in [0.25, 0.3) is 5.91 Å². The lowest BCUT2D eigenvalue weighted by Crippen LogP contribution is -2.35. The molecule has 5 rings (SSSR count). The number of aryl methyl sites for hydroxylation is 2. The van der Waals surface area contributed by atoms with Crippen molar-refractivity contribution in [1.29, 1.82) is 0 Å². The maximum Gasteiger partial charge on any atom is 0.272 e. The minimum absolute atomic E-state index is 0.113. The van der Waals surface area contributed by atoms with Crippen molar-refractivity contribution < 1.29 is 9.90 Å². The van der Waals surface area contributed by atoms with Crippen LogP contribution >= 0.6 is 0 Å². The average Bonchev–Trinajstić information content (AvgIpc) is 3.42. The lowest BCUT2D eigenvalue weighted by molar-refractivity contribution is 0.101. The van der Waals surface area contributed by atoms with Gasteiger partial charge >= 0.3 is 0 Å². The molecule has 1 aromatic heterocycles. The minimum Gasteiger partial charge on any atom is -0.393 e. The molecule has 1 aliphatic rings. The predicted molar refractivity (Wildman–Crippen MR) is 156 cm³/mol. The summed E-state index contributed by atoms with van der Waals surface area (Å²) in [5.41, 5.74) is 7.75. The topological polar surface area (TPSA) is 81.6 Å². The molecule has 0 spiro atoms. The van der Waals surface area contributed by atoms with Gasteiger partial charge in [-0.15, -0.1) is 0 Å². The summed E-state index contributed by atoms with van der Waals surface area (Å²) in [4.78, 5) is 14.9. The second kappa shape index (κ2) is 11.4. The van der Waals surface area contributed by atoms with Crippen LogP contribution in [-0.2, 0) is 6.54 Å². The van der Waals surface area contributed by atoms with Gasteiger partial charge in [0.2, 0.25) is 0 Å². The number of piperidine rings is 1. The summed E-state index contributed by atoms with van der Waals surface area (Å²) in [6.07, 6.45) is 3.40. The Labute approximate surface area is 224 Å². The quantitative estimate of drug-likeness (QED) is 0.218. The number of anilines is 6. The number of nitrogens with zero attached hydrogens (tertiary/aromatic N) is 2. The molecule has 4 aromatic rings. The molecule has 1 saturated heterocycles. The van der Waals surface area contributed by atoms with Crippen LogP contribution in [0.1, 0.15) is 35.8 Å². The van der Waals surface area contributed by atoms with Crippen molar-refractivity contribution in [2.75, 3.05) is 33.9 Å². The molecule has 4 N–H and O–H groups in total. The third-order valence-electron chi connectivity index (χ3n) is 7.04. The van der Waals surface area contributed by atoms with Gasteiger partial charge in [0.1, 0.15) is 5.69 Å². The fourth-order valence-electron chi connectivity index (χ4n) is 4.81. The standard InChI is InChI=1S/C31H35N5O2/c1-3-35-18-4-5-30(35)31(38)34-25-8-6-24(7-9-25)33-29-15-12-26(21-22(29)2)32-23-10-13-27(14-11-23)36-19-16-28(37)17-20-36/h4-15,18,21,28,32-33,37H,3,16-17,19-20H2,1-2H3,(H,34,38). The molecule has 0 saturated carbocycles. The Morgan fingerprint density at radius 2 is 1.50 bits per heavy atom. The number of benzene rings is 3. The van der Waals surface area contributed by atoms with Crippen molar-refractivity contribution in [2.24, 2.45) is 0 Å². The zero-order chi connectivity index (χ0) is 26.5. The Bertz CT molecular complexity index is 1370. The van der Waals surface area contributed by atoms with E-state index >= 15 is 0 Å².